The van der Waals surface area contributed by atoms with Crippen LogP contribution in [0, 0.1) is 0 Å². The van der Waals surface area contributed by atoms with E-state index in [1.807, 2.05) is 0 Å². The van der Waals surface area contributed by atoms with Crippen LogP contribution in [0.4, 0.5) is 3.56 Å². The largest absolute Gasteiger partial charge is 2.00 e. The fourth-order valence-electron chi connectivity index (χ4n) is 0. The summed E-state index contributed by atoms with van der Waals surface area (Å²) in [5, 5.41) is 0. The van der Waals surface area contributed by atoms with E-state index in [1.165, 1.54) is 16.4 Å². The molecule has 0 N–H and O–H groups in total. The van der Waals surface area contributed by atoms with E-state index >= 15 is 0 Å². The van der Waals surface area contributed by atoms with Crippen molar-refractivity contribution < 1.29 is 3.56 Å². The maximum atomic E-state index is 9.31. The molecular formula is BaBrFMg+4. The van der Waals surface area contributed by atoms with E-state index in [2.05, 4.69) is 0 Å². The molecule has 0 aliphatic heterocycles. The van der Waals surface area contributed by atoms with Gasteiger partial charge in [0.1, 0.15) is 0 Å². The maximum Gasteiger partial charge on any atom is 2.00 e. The van der Waals surface area contributed by atoms with Gasteiger partial charge in [0.25, 0.3) is 0 Å². The van der Waals surface area contributed by atoms with Crippen LogP contribution in [-0.2, 0) is 0 Å². The molecular weight excluding hydrogens is 261 g/mol. The molecule has 0 fully saturated rings. The monoisotopic (exact) mass is 260 g/mol. The standard InChI is InChI=1S/Ba.BrF.Mg/c;1-2;/q+2;;+2. The fourth-order valence-corrected chi connectivity index (χ4v) is 0. The van der Waals surface area contributed by atoms with Gasteiger partial charge in [0, 0.05) is 0 Å². The van der Waals surface area contributed by atoms with Crippen molar-refractivity contribution in [2.24, 2.45) is 0 Å². The Morgan fingerprint density at radius 3 is 1.25 bits per heavy atom. The van der Waals surface area contributed by atoms with Crippen molar-refractivity contribution in [2.45, 2.75) is 0 Å². The number of rotatable bonds is 0. The average molecular weight is 261 g/mol. The molecule has 0 radical (unpaired) electrons. The third-order valence-corrected chi connectivity index (χ3v) is 0. The Kier molecular flexibility index (Phi) is 68.1. The summed E-state index contributed by atoms with van der Waals surface area (Å²) in [7, 11) is 0. The fraction of sp³-hybridized carbons (Fsp3) is 0. The number of hydrogen-bond acceptors (Lipinski definition) is 0. The number of halogens is 2. The molecule has 0 spiro atoms. The van der Waals surface area contributed by atoms with Crippen molar-refractivity contribution in [3.05, 3.63) is 0 Å². The van der Waals surface area contributed by atoms with Crippen LogP contribution < -0.4 is 0 Å². The van der Waals surface area contributed by atoms with Crippen molar-refractivity contribution in [3.8, 4) is 0 Å². The van der Waals surface area contributed by atoms with Crippen LogP contribution in [0.2, 0.25) is 0 Å². The van der Waals surface area contributed by atoms with E-state index in [1.54, 1.807) is 0 Å². The first kappa shape index (κ1) is 15.9. The second kappa shape index (κ2) is 17.2. The molecule has 0 rings (SSSR count). The molecule has 0 amide bonds. The van der Waals surface area contributed by atoms with Gasteiger partial charge in [-0.1, -0.05) is 0 Å². The topological polar surface area (TPSA) is 0 Å². The second-order valence-corrected chi connectivity index (χ2v) is 0. The van der Waals surface area contributed by atoms with E-state index in [9.17, 15) is 3.56 Å². The third-order valence-electron chi connectivity index (χ3n) is 0. The minimum Gasteiger partial charge on any atom is -0.158 e. The summed E-state index contributed by atoms with van der Waals surface area (Å²) in [5.41, 5.74) is 0. The Morgan fingerprint density at radius 1 is 1.25 bits per heavy atom. The Balaban J connectivity index is -0.00000000500. The van der Waals surface area contributed by atoms with Crippen molar-refractivity contribution >= 4 is 88.3 Å². The summed E-state index contributed by atoms with van der Waals surface area (Å²) in [6.45, 7) is 0. The normalized spacial score (nSPS) is 1.50. The molecule has 0 nitrogen and oxygen atoms in total. The predicted molar refractivity (Wildman–Crippen MR) is 21.5 cm³/mol. The van der Waals surface area contributed by atoms with Crippen LogP contribution in [0.1, 0.15) is 0 Å². The molecule has 0 aromatic heterocycles. The van der Waals surface area contributed by atoms with E-state index in [4.69, 9.17) is 0 Å². The van der Waals surface area contributed by atoms with Crippen molar-refractivity contribution in [1.82, 2.24) is 0 Å². The zero-order valence-corrected chi connectivity index (χ0v) is 9.61. The first-order valence-electron chi connectivity index (χ1n) is 0.143. The minimum atomic E-state index is 0. The van der Waals surface area contributed by atoms with E-state index in [0.29, 0.717) is 0 Å². The van der Waals surface area contributed by atoms with Crippen LogP contribution in [0.15, 0.2) is 0 Å². The minimum absolute atomic E-state index is 0. The van der Waals surface area contributed by atoms with Gasteiger partial charge >= 0.3 is 71.9 Å². The van der Waals surface area contributed by atoms with Gasteiger partial charge in [-0.2, -0.15) is 3.56 Å². The molecule has 0 saturated carbocycles. The summed E-state index contributed by atoms with van der Waals surface area (Å²) in [6, 6.07) is 0. The van der Waals surface area contributed by atoms with Crippen LogP contribution >= 0.6 is 16.4 Å². The van der Waals surface area contributed by atoms with Gasteiger partial charge in [0.05, 0.1) is 0 Å². The molecule has 4 heavy (non-hydrogen) atoms. The van der Waals surface area contributed by atoms with Gasteiger partial charge in [-0.3, -0.25) is 0 Å². The summed E-state index contributed by atoms with van der Waals surface area (Å²) in [5.74, 6) is 0. The number of hydrogen-bond donors (Lipinski definition) is 0. The maximum absolute atomic E-state index is 9.31. The molecule has 0 aromatic rings. The van der Waals surface area contributed by atoms with Crippen molar-refractivity contribution in [2.75, 3.05) is 0 Å². The first-order chi connectivity index (χ1) is 1.00. The SMILES string of the molecule is FBr.[Ba+2].[Mg+2]. The van der Waals surface area contributed by atoms with Crippen molar-refractivity contribution in [3.63, 3.8) is 0 Å². The van der Waals surface area contributed by atoms with E-state index in [0.717, 1.165) is 0 Å². The Hall–Kier alpha value is 2.75. The Morgan fingerprint density at radius 2 is 1.25 bits per heavy atom. The summed E-state index contributed by atoms with van der Waals surface area (Å²) >= 11 is 1.44. The summed E-state index contributed by atoms with van der Waals surface area (Å²) < 4.78 is 9.31. The Bertz CT molecular complexity index is 8.00. The average Bonchev–Trinajstić information content (AvgIpc) is 1.00. The zero-order valence-electron chi connectivity index (χ0n) is 2.17. The zero-order chi connectivity index (χ0) is 2.00. The van der Waals surface area contributed by atoms with Gasteiger partial charge in [-0.05, 0) is 0 Å². The summed E-state index contributed by atoms with van der Waals surface area (Å²) in [6.07, 6.45) is 0. The molecule has 0 heterocycles. The third kappa shape index (κ3) is 8.83. The second-order valence-electron chi connectivity index (χ2n) is 0. The smallest absolute Gasteiger partial charge is 0.158 e. The van der Waals surface area contributed by atoms with Gasteiger partial charge in [-0.25, -0.2) is 0 Å². The molecule has 0 bridgehead atoms. The molecule has 14 valence electrons. The van der Waals surface area contributed by atoms with Crippen molar-refractivity contribution in [1.29, 1.82) is 0 Å². The van der Waals surface area contributed by atoms with Gasteiger partial charge in [0.2, 0.25) is 0 Å². The van der Waals surface area contributed by atoms with Gasteiger partial charge < -0.3 is 0 Å². The first-order valence-corrected chi connectivity index (χ1v) is 0.742. The quantitative estimate of drug-likeness (QED) is 0.557. The molecule has 4 heteroatoms. The van der Waals surface area contributed by atoms with Crippen LogP contribution in [0.3, 0.4) is 0 Å². The molecule has 0 atom stereocenters. The van der Waals surface area contributed by atoms with E-state index < -0.39 is 0 Å². The van der Waals surface area contributed by atoms with Crippen LogP contribution in [-0.4, -0.2) is 71.9 Å². The van der Waals surface area contributed by atoms with E-state index in [-0.39, 0.29) is 71.9 Å². The van der Waals surface area contributed by atoms with Gasteiger partial charge in [-0.15, -0.1) is 0 Å². The van der Waals surface area contributed by atoms with Gasteiger partial charge in [0.15, 0.2) is 16.4 Å². The van der Waals surface area contributed by atoms with Crippen LogP contribution in [0.5, 0.6) is 0 Å². The predicted octanol–water partition coefficient (Wildman–Crippen LogP) is 0.504. The molecule has 0 aliphatic rings. The summed E-state index contributed by atoms with van der Waals surface area (Å²) in [4.78, 5) is 0. The molecule has 0 aromatic carbocycles. The Labute approximate surface area is 89.7 Å². The van der Waals surface area contributed by atoms with Crippen LogP contribution in [0.25, 0.3) is 0 Å². The molecule has 0 unspecified atom stereocenters. The molecule has 0 saturated heterocycles. The molecule has 0 aliphatic carbocycles.